The van der Waals surface area contributed by atoms with E-state index in [2.05, 4.69) is 28.3 Å². The van der Waals surface area contributed by atoms with Gasteiger partial charge in [0.25, 0.3) is 0 Å². The van der Waals surface area contributed by atoms with Crippen LogP contribution in [0.4, 0.5) is 5.69 Å². The maximum atomic E-state index is 4.13. The van der Waals surface area contributed by atoms with Gasteiger partial charge in [0.2, 0.25) is 0 Å². The first kappa shape index (κ1) is 10.4. The highest BCUT2D eigenvalue weighted by Crippen LogP contribution is 2.15. The molecule has 1 unspecified atom stereocenters. The third-order valence-corrected chi connectivity index (χ3v) is 3.12. The van der Waals surface area contributed by atoms with Crippen LogP contribution in [0.2, 0.25) is 0 Å². The summed E-state index contributed by atoms with van der Waals surface area (Å²) in [5.41, 5.74) is 1.21. The van der Waals surface area contributed by atoms with Gasteiger partial charge in [-0.1, -0.05) is 0 Å². The van der Waals surface area contributed by atoms with Gasteiger partial charge >= 0.3 is 0 Å². The van der Waals surface area contributed by atoms with Crippen LogP contribution >= 0.6 is 0 Å². The van der Waals surface area contributed by atoms with Gasteiger partial charge in [-0.2, -0.15) is 0 Å². The molecule has 2 heterocycles. The zero-order chi connectivity index (χ0) is 10.5. The minimum Gasteiger partial charge on any atom is -0.373 e. The van der Waals surface area contributed by atoms with Gasteiger partial charge in [-0.25, -0.2) is 0 Å². The molecule has 0 spiro atoms. The molecule has 82 valence electrons. The van der Waals surface area contributed by atoms with Crippen molar-refractivity contribution < 1.29 is 0 Å². The molecule has 1 aromatic heterocycles. The number of aromatic nitrogens is 1. The van der Waals surface area contributed by atoms with Crippen molar-refractivity contribution in [3.05, 3.63) is 24.5 Å². The second-order valence-electron chi connectivity index (χ2n) is 4.28. The Morgan fingerprint density at radius 3 is 3.20 bits per heavy atom. The van der Waals surface area contributed by atoms with Crippen LogP contribution in [0.15, 0.2) is 24.5 Å². The molecule has 1 aliphatic rings. The van der Waals surface area contributed by atoms with Crippen LogP contribution in [0.1, 0.15) is 12.8 Å². The Bertz CT molecular complexity index is 280. The monoisotopic (exact) mass is 205 g/mol. The maximum Gasteiger partial charge on any atom is 0.0550 e. The summed E-state index contributed by atoms with van der Waals surface area (Å²) < 4.78 is 0. The highest BCUT2D eigenvalue weighted by Gasteiger charge is 2.14. The molecule has 1 fully saturated rings. The second kappa shape index (κ2) is 5.12. The molecule has 1 saturated heterocycles. The Morgan fingerprint density at radius 1 is 1.60 bits per heavy atom. The van der Waals surface area contributed by atoms with Crippen molar-refractivity contribution in [3.63, 3.8) is 0 Å². The van der Waals surface area contributed by atoms with Gasteiger partial charge < -0.3 is 10.2 Å². The Labute approximate surface area is 91.5 Å². The summed E-state index contributed by atoms with van der Waals surface area (Å²) in [5.74, 6) is 0.865. The zero-order valence-corrected chi connectivity index (χ0v) is 9.32. The Hall–Kier alpha value is -1.09. The summed E-state index contributed by atoms with van der Waals surface area (Å²) in [6, 6.07) is 4.10. The molecule has 0 radical (unpaired) electrons. The smallest absolute Gasteiger partial charge is 0.0550 e. The van der Waals surface area contributed by atoms with Gasteiger partial charge in [0, 0.05) is 19.8 Å². The molecular formula is C12H19N3. The average Bonchev–Trinajstić information content (AvgIpc) is 2.80. The first-order chi connectivity index (χ1) is 7.36. The zero-order valence-electron chi connectivity index (χ0n) is 9.32. The Kier molecular flexibility index (Phi) is 3.56. The molecule has 1 aliphatic heterocycles. The Morgan fingerprint density at radius 2 is 2.53 bits per heavy atom. The fraction of sp³-hybridized carbons (Fsp3) is 0.583. The summed E-state index contributed by atoms with van der Waals surface area (Å²) in [6.45, 7) is 3.51. The average molecular weight is 205 g/mol. The van der Waals surface area contributed by atoms with E-state index in [1.165, 1.54) is 31.6 Å². The van der Waals surface area contributed by atoms with Crippen molar-refractivity contribution in [2.24, 2.45) is 5.92 Å². The number of hydrogen-bond donors (Lipinski definition) is 1. The van der Waals surface area contributed by atoms with Crippen LogP contribution in [0.3, 0.4) is 0 Å². The van der Waals surface area contributed by atoms with Crippen molar-refractivity contribution >= 4 is 5.69 Å². The van der Waals surface area contributed by atoms with Crippen LogP contribution < -0.4 is 10.2 Å². The van der Waals surface area contributed by atoms with Crippen molar-refractivity contribution in [2.75, 3.05) is 31.6 Å². The molecule has 1 atom stereocenters. The Balaban J connectivity index is 1.79. The summed E-state index contributed by atoms with van der Waals surface area (Å²) in [4.78, 5) is 6.41. The summed E-state index contributed by atoms with van der Waals surface area (Å²) in [6.07, 6.45) is 6.35. The molecule has 15 heavy (non-hydrogen) atoms. The van der Waals surface area contributed by atoms with Crippen LogP contribution in [0.25, 0.3) is 0 Å². The van der Waals surface area contributed by atoms with Crippen molar-refractivity contribution in [3.8, 4) is 0 Å². The van der Waals surface area contributed by atoms with Gasteiger partial charge in [0.15, 0.2) is 0 Å². The third kappa shape index (κ3) is 2.93. The quantitative estimate of drug-likeness (QED) is 0.807. The third-order valence-electron chi connectivity index (χ3n) is 3.12. The maximum absolute atomic E-state index is 4.13. The molecule has 3 heteroatoms. The second-order valence-corrected chi connectivity index (χ2v) is 4.28. The molecule has 1 N–H and O–H groups in total. The minimum absolute atomic E-state index is 0.865. The fourth-order valence-electron chi connectivity index (χ4n) is 2.05. The van der Waals surface area contributed by atoms with E-state index in [4.69, 9.17) is 0 Å². The molecule has 0 bridgehead atoms. The molecule has 0 aliphatic carbocycles. The lowest BCUT2D eigenvalue weighted by Gasteiger charge is -2.20. The number of hydrogen-bond acceptors (Lipinski definition) is 3. The van der Waals surface area contributed by atoms with Gasteiger partial charge in [0.05, 0.1) is 11.9 Å². The number of nitrogens with zero attached hydrogens (tertiary/aromatic N) is 2. The summed E-state index contributed by atoms with van der Waals surface area (Å²) in [7, 11) is 2.14. The predicted octanol–water partition coefficient (Wildman–Crippen LogP) is 1.52. The lowest BCUT2D eigenvalue weighted by Crippen LogP contribution is -2.21. The normalized spacial score (nSPS) is 20.5. The molecule has 3 nitrogen and oxygen atoms in total. The number of rotatable bonds is 4. The van der Waals surface area contributed by atoms with E-state index in [0.29, 0.717) is 0 Å². The first-order valence-electron chi connectivity index (χ1n) is 5.68. The highest BCUT2D eigenvalue weighted by molar-refractivity contribution is 5.42. The predicted molar refractivity (Wildman–Crippen MR) is 63.1 cm³/mol. The van der Waals surface area contributed by atoms with Gasteiger partial charge in [-0.15, -0.1) is 0 Å². The van der Waals surface area contributed by atoms with E-state index in [1.807, 2.05) is 18.5 Å². The van der Waals surface area contributed by atoms with Gasteiger partial charge in [-0.3, -0.25) is 4.98 Å². The SMILES string of the molecule is CN(CCC1CCNC1)c1cccnc1. The largest absolute Gasteiger partial charge is 0.373 e. The first-order valence-corrected chi connectivity index (χ1v) is 5.68. The van der Waals surface area contributed by atoms with Gasteiger partial charge in [-0.05, 0) is 44.0 Å². The van der Waals surface area contributed by atoms with Crippen molar-refractivity contribution in [1.29, 1.82) is 0 Å². The van der Waals surface area contributed by atoms with E-state index in [-0.39, 0.29) is 0 Å². The minimum atomic E-state index is 0.865. The van der Waals surface area contributed by atoms with Crippen LogP contribution in [-0.4, -0.2) is 31.7 Å². The lowest BCUT2D eigenvalue weighted by atomic mass is 10.1. The molecule has 0 amide bonds. The number of pyridine rings is 1. The van der Waals surface area contributed by atoms with Crippen LogP contribution in [0.5, 0.6) is 0 Å². The molecule has 1 aromatic rings. The van der Waals surface area contributed by atoms with E-state index in [1.54, 1.807) is 0 Å². The number of nitrogens with one attached hydrogen (secondary N) is 1. The van der Waals surface area contributed by atoms with Crippen LogP contribution in [-0.2, 0) is 0 Å². The van der Waals surface area contributed by atoms with E-state index >= 15 is 0 Å². The van der Waals surface area contributed by atoms with E-state index < -0.39 is 0 Å². The van der Waals surface area contributed by atoms with Gasteiger partial charge in [0.1, 0.15) is 0 Å². The molecule has 0 aromatic carbocycles. The standard InChI is InChI=1S/C12H19N3/c1-15(12-3-2-6-13-10-12)8-5-11-4-7-14-9-11/h2-3,6,10-11,14H,4-5,7-9H2,1H3. The summed E-state index contributed by atoms with van der Waals surface area (Å²) >= 11 is 0. The van der Waals surface area contributed by atoms with E-state index in [9.17, 15) is 0 Å². The lowest BCUT2D eigenvalue weighted by molar-refractivity contribution is 0.533. The fourth-order valence-corrected chi connectivity index (χ4v) is 2.05. The van der Waals surface area contributed by atoms with Crippen LogP contribution in [0, 0.1) is 5.92 Å². The number of anilines is 1. The van der Waals surface area contributed by atoms with E-state index in [0.717, 1.165) is 12.5 Å². The van der Waals surface area contributed by atoms with Crippen molar-refractivity contribution in [1.82, 2.24) is 10.3 Å². The van der Waals surface area contributed by atoms with Crippen molar-refractivity contribution in [2.45, 2.75) is 12.8 Å². The summed E-state index contributed by atoms with van der Waals surface area (Å²) in [5, 5.41) is 3.40. The molecule has 0 saturated carbocycles. The molecule has 2 rings (SSSR count). The molecular weight excluding hydrogens is 186 g/mol. The highest BCUT2D eigenvalue weighted by atomic mass is 15.1. The topological polar surface area (TPSA) is 28.2 Å².